The molecule has 1 saturated carbocycles. The molecule has 1 heterocycles. The molecule has 0 unspecified atom stereocenters. The largest absolute Gasteiger partial charge is 0.433 e. The van der Waals surface area contributed by atoms with Crippen LogP contribution in [0.25, 0.3) is 0 Å². The summed E-state index contributed by atoms with van der Waals surface area (Å²) in [5.74, 6) is 0.0363. The normalized spacial score (nSPS) is 16.3. The third-order valence-corrected chi connectivity index (χ3v) is 3.95. The molecule has 22 heavy (non-hydrogen) atoms. The van der Waals surface area contributed by atoms with E-state index in [1.165, 1.54) is 5.56 Å². The zero-order chi connectivity index (χ0) is 15.6. The second kappa shape index (κ2) is 5.59. The lowest BCUT2D eigenvalue weighted by atomic mass is 9.96. The highest BCUT2D eigenvalue weighted by atomic mass is 19.4. The molecule has 0 bridgehead atoms. The molecule has 3 rings (SSSR count). The Labute approximate surface area is 126 Å². The summed E-state index contributed by atoms with van der Waals surface area (Å²) < 4.78 is 37.9. The molecule has 0 aliphatic heterocycles. The highest BCUT2D eigenvalue weighted by molar-refractivity contribution is 5.28. The van der Waals surface area contributed by atoms with Gasteiger partial charge in [0.25, 0.3) is 0 Å². The molecule has 0 saturated heterocycles. The van der Waals surface area contributed by atoms with E-state index in [0.717, 1.165) is 31.5 Å². The first-order valence-corrected chi connectivity index (χ1v) is 7.15. The predicted molar refractivity (Wildman–Crippen MR) is 77.3 cm³/mol. The second-order valence-electron chi connectivity index (χ2n) is 5.78. The van der Waals surface area contributed by atoms with E-state index in [2.05, 4.69) is 27.4 Å². The van der Waals surface area contributed by atoms with Crippen molar-refractivity contribution < 1.29 is 13.2 Å². The Morgan fingerprint density at radius 3 is 2.45 bits per heavy atom. The molecule has 0 amide bonds. The van der Waals surface area contributed by atoms with Gasteiger partial charge in [0.15, 0.2) is 0 Å². The van der Waals surface area contributed by atoms with Gasteiger partial charge in [-0.25, -0.2) is 9.97 Å². The highest BCUT2D eigenvalue weighted by Gasteiger charge is 2.42. The molecule has 116 valence electrons. The first-order chi connectivity index (χ1) is 10.5. The molecule has 6 heteroatoms. The van der Waals surface area contributed by atoms with Crippen LogP contribution in [0.3, 0.4) is 0 Å². The Bertz CT molecular complexity index is 637. The predicted octanol–water partition coefficient (Wildman–Crippen LogP) is 3.93. The maximum atomic E-state index is 12.6. The van der Waals surface area contributed by atoms with Crippen LogP contribution < -0.4 is 5.32 Å². The maximum Gasteiger partial charge on any atom is 0.433 e. The van der Waals surface area contributed by atoms with Crippen molar-refractivity contribution in [2.45, 2.75) is 25.4 Å². The van der Waals surface area contributed by atoms with Gasteiger partial charge in [0, 0.05) is 12.7 Å². The fourth-order valence-electron chi connectivity index (χ4n) is 2.49. The van der Waals surface area contributed by atoms with Gasteiger partial charge in [0.2, 0.25) is 5.95 Å². The smallest absolute Gasteiger partial charge is 0.354 e. The molecule has 1 N–H and O–H groups in total. The van der Waals surface area contributed by atoms with E-state index in [0.29, 0.717) is 6.54 Å². The van der Waals surface area contributed by atoms with Gasteiger partial charge in [-0.3, -0.25) is 0 Å². The third kappa shape index (κ3) is 3.55. The lowest BCUT2D eigenvalue weighted by Crippen LogP contribution is -2.20. The van der Waals surface area contributed by atoms with Crippen LogP contribution in [0.15, 0.2) is 42.6 Å². The molecular formula is C16H16F3N3. The van der Waals surface area contributed by atoms with E-state index in [-0.39, 0.29) is 11.4 Å². The van der Waals surface area contributed by atoms with Crippen LogP contribution in [-0.4, -0.2) is 16.5 Å². The first kappa shape index (κ1) is 14.8. The van der Waals surface area contributed by atoms with E-state index in [4.69, 9.17) is 0 Å². The average molecular weight is 307 g/mol. The van der Waals surface area contributed by atoms with Crippen LogP contribution in [0.2, 0.25) is 0 Å². The zero-order valence-corrected chi connectivity index (χ0v) is 11.9. The molecule has 3 nitrogen and oxygen atoms in total. The summed E-state index contributed by atoms with van der Waals surface area (Å²) in [6, 6.07) is 11.0. The van der Waals surface area contributed by atoms with Crippen molar-refractivity contribution in [1.82, 2.24) is 9.97 Å². The SMILES string of the molecule is FC(F)(F)c1ccnc(NCC2(Cc3ccccc3)CC2)n1. The van der Waals surface area contributed by atoms with Gasteiger partial charge in [-0.1, -0.05) is 30.3 Å². The highest BCUT2D eigenvalue weighted by Crippen LogP contribution is 2.48. The molecule has 2 aromatic rings. The van der Waals surface area contributed by atoms with Gasteiger partial charge < -0.3 is 5.32 Å². The summed E-state index contributed by atoms with van der Waals surface area (Å²) in [6.45, 7) is 0.587. The summed E-state index contributed by atoms with van der Waals surface area (Å²) in [5.41, 5.74) is 0.434. The molecule has 0 radical (unpaired) electrons. The number of alkyl halides is 3. The molecule has 0 atom stereocenters. The Hall–Kier alpha value is -2.11. The van der Waals surface area contributed by atoms with Crippen molar-refractivity contribution >= 4 is 5.95 Å². The van der Waals surface area contributed by atoms with Crippen molar-refractivity contribution in [3.05, 3.63) is 53.9 Å². The van der Waals surface area contributed by atoms with Crippen LogP contribution >= 0.6 is 0 Å². The quantitative estimate of drug-likeness (QED) is 0.909. The Balaban J connectivity index is 1.63. The number of rotatable bonds is 5. The van der Waals surface area contributed by atoms with Crippen molar-refractivity contribution in [2.75, 3.05) is 11.9 Å². The number of hydrogen-bond donors (Lipinski definition) is 1. The van der Waals surface area contributed by atoms with Crippen molar-refractivity contribution in [3.63, 3.8) is 0 Å². The maximum absolute atomic E-state index is 12.6. The molecule has 1 aliphatic carbocycles. The number of hydrogen-bond acceptors (Lipinski definition) is 3. The standard InChI is InChI=1S/C16H16F3N3/c17-16(18,19)13-6-9-20-14(22-13)21-11-15(7-8-15)10-12-4-2-1-3-5-12/h1-6,9H,7-8,10-11H2,(H,20,21,22). The van der Waals surface area contributed by atoms with Crippen LogP contribution in [-0.2, 0) is 12.6 Å². The molecule has 1 fully saturated rings. The fraction of sp³-hybridized carbons (Fsp3) is 0.375. The van der Waals surface area contributed by atoms with E-state index in [9.17, 15) is 13.2 Å². The number of benzene rings is 1. The van der Waals surface area contributed by atoms with Gasteiger partial charge in [0.1, 0.15) is 5.69 Å². The van der Waals surface area contributed by atoms with E-state index >= 15 is 0 Å². The van der Waals surface area contributed by atoms with Crippen LogP contribution in [0.4, 0.5) is 19.1 Å². The van der Waals surface area contributed by atoms with Crippen molar-refractivity contribution in [2.24, 2.45) is 5.41 Å². The van der Waals surface area contributed by atoms with E-state index in [1.54, 1.807) is 0 Å². The van der Waals surface area contributed by atoms with Crippen LogP contribution in [0.5, 0.6) is 0 Å². The van der Waals surface area contributed by atoms with Gasteiger partial charge >= 0.3 is 6.18 Å². The molecule has 1 aliphatic rings. The van der Waals surface area contributed by atoms with Gasteiger partial charge in [0.05, 0.1) is 0 Å². The third-order valence-electron chi connectivity index (χ3n) is 3.95. The van der Waals surface area contributed by atoms with E-state index in [1.807, 2.05) is 18.2 Å². The summed E-state index contributed by atoms with van der Waals surface area (Å²) in [5, 5.41) is 2.96. The second-order valence-corrected chi connectivity index (χ2v) is 5.78. The average Bonchev–Trinajstić information content (AvgIpc) is 3.26. The zero-order valence-electron chi connectivity index (χ0n) is 11.9. The molecule has 0 spiro atoms. The number of anilines is 1. The molecule has 1 aromatic heterocycles. The van der Waals surface area contributed by atoms with Gasteiger partial charge in [-0.2, -0.15) is 13.2 Å². The van der Waals surface area contributed by atoms with Crippen molar-refractivity contribution in [3.8, 4) is 0 Å². The van der Waals surface area contributed by atoms with Crippen LogP contribution in [0, 0.1) is 5.41 Å². The molecular weight excluding hydrogens is 291 g/mol. The Morgan fingerprint density at radius 1 is 1.09 bits per heavy atom. The lowest BCUT2D eigenvalue weighted by Gasteiger charge is -2.16. The van der Waals surface area contributed by atoms with Gasteiger partial charge in [-0.15, -0.1) is 0 Å². The summed E-state index contributed by atoms with van der Waals surface area (Å²) in [7, 11) is 0. The number of nitrogens with one attached hydrogen (secondary N) is 1. The number of nitrogens with zero attached hydrogens (tertiary/aromatic N) is 2. The van der Waals surface area contributed by atoms with Gasteiger partial charge in [-0.05, 0) is 36.3 Å². The monoisotopic (exact) mass is 307 g/mol. The molecule has 1 aromatic carbocycles. The van der Waals surface area contributed by atoms with Crippen LogP contribution in [0.1, 0.15) is 24.1 Å². The minimum absolute atomic E-state index is 0.0363. The fourth-order valence-corrected chi connectivity index (χ4v) is 2.49. The topological polar surface area (TPSA) is 37.8 Å². The van der Waals surface area contributed by atoms with E-state index < -0.39 is 11.9 Å². The first-order valence-electron chi connectivity index (χ1n) is 7.15. The Morgan fingerprint density at radius 2 is 1.82 bits per heavy atom. The number of aromatic nitrogens is 2. The minimum atomic E-state index is -4.44. The summed E-state index contributed by atoms with van der Waals surface area (Å²) >= 11 is 0. The summed E-state index contributed by atoms with van der Waals surface area (Å²) in [4.78, 5) is 7.40. The summed E-state index contributed by atoms with van der Waals surface area (Å²) in [6.07, 6.45) is -0.267. The Kier molecular flexibility index (Phi) is 3.76. The minimum Gasteiger partial charge on any atom is -0.354 e. The lowest BCUT2D eigenvalue weighted by molar-refractivity contribution is -0.141. The van der Waals surface area contributed by atoms with Crippen molar-refractivity contribution in [1.29, 1.82) is 0 Å². The number of halogens is 3.